The minimum atomic E-state index is 0.105. The Balaban J connectivity index is 2.10. The molecule has 21 heavy (non-hydrogen) atoms. The molecular weight excluding hydrogens is 282 g/mol. The van der Waals surface area contributed by atoms with Crippen LogP contribution >= 0.6 is 11.3 Å². The molecule has 112 valence electrons. The first kappa shape index (κ1) is 15.5. The highest BCUT2D eigenvalue weighted by molar-refractivity contribution is 7.11. The third kappa shape index (κ3) is 3.82. The van der Waals surface area contributed by atoms with Gasteiger partial charge in [0.15, 0.2) is 0 Å². The molecule has 0 saturated heterocycles. The number of aryl methyl sites for hydroxylation is 3. The Morgan fingerprint density at radius 1 is 1.43 bits per heavy atom. The molecule has 0 fully saturated rings. The summed E-state index contributed by atoms with van der Waals surface area (Å²) in [6.45, 7) is 10.9. The Labute approximate surface area is 129 Å². The third-order valence-electron chi connectivity index (χ3n) is 3.45. The third-order valence-corrected chi connectivity index (χ3v) is 4.44. The highest BCUT2D eigenvalue weighted by Crippen LogP contribution is 2.18. The monoisotopic (exact) mass is 303 g/mol. The second-order valence-corrected chi connectivity index (χ2v) is 6.54. The number of hydrogen-bond donors (Lipinski definition) is 1. The molecule has 0 aromatic carbocycles. The second kappa shape index (κ2) is 6.72. The van der Waals surface area contributed by atoms with Crippen LogP contribution in [0.5, 0.6) is 0 Å². The van der Waals surface area contributed by atoms with Crippen molar-refractivity contribution in [2.45, 2.75) is 33.7 Å². The quantitative estimate of drug-likeness (QED) is 0.833. The van der Waals surface area contributed by atoms with Crippen LogP contribution in [0.3, 0.4) is 0 Å². The van der Waals surface area contributed by atoms with Gasteiger partial charge in [-0.3, -0.25) is 9.89 Å². The Bertz CT molecular complexity index is 622. The van der Waals surface area contributed by atoms with E-state index in [4.69, 9.17) is 0 Å². The molecule has 0 radical (unpaired) electrons. The highest BCUT2D eigenvalue weighted by atomic mass is 32.1. The number of carbonyl (C=O) groups excluding carboxylic acids is 1. The molecule has 5 heteroatoms. The lowest BCUT2D eigenvalue weighted by Crippen LogP contribution is -2.32. The normalized spacial score (nSPS) is 10.6. The van der Waals surface area contributed by atoms with Crippen LogP contribution < -0.4 is 0 Å². The number of hydrogen-bond acceptors (Lipinski definition) is 3. The van der Waals surface area contributed by atoms with Gasteiger partial charge in [0, 0.05) is 27.6 Å². The summed E-state index contributed by atoms with van der Waals surface area (Å²) in [5.41, 5.74) is 2.86. The summed E-state index contributed by atoms with van der Waals surface area (Å²) < 4.78 is 0. The average Bonchev–Trinajstić information content (AvgIpc) is 2.98. The largest absolute Gasteiger partial charge is 0.334 e. The van der Waals surface area contributed by atoms with Crippen molar-refractivity contribution in [3.63, 3.8) is 0 Å². The van der Waals surface area contributed by atoms with Gasteiger partial charge in [0.1, 0.15) is 0 Å². The van der Waals surface area contributed by atoms with Crippen molar-refractivity contribution in [3.8, 4) is 0 Å². The average molecular weight is 303 g/mol. The van der Waals surface area contributed by atoms with Gasteiger partial charge in [-0.25, -0.2) is 0 Å². The molecule has 2 rings (SSSR count). The minimum Gasteiger partial charge on any atom is -0.334 e. The van der Waals surface area contributed by atoms with Gasteiger partial charge in [-0.1, -0.05) is 6.08 Å². The zero-order chi connectivity index (χ0) is 15.4. The molecule has 4 nitrogen and oxygen atoms in total. The molecule has 2 aromatic rings. The number of carbonyl (C=O) groups is 1. The lowest BCUT2D eigenvalue weighted by Gasteiger charge is -2.20. The molecule has 0 atom stereocenters. The van der Waals surface area contributed by atoms with E-state index in [1.165, 1.54) is 9.75 Å². The van der Waals surface area contributed by atoms with Crippen LogP contribution in [0.25, 0.3) is 0 Å². The fraction of sp³-hybridized carbons (Fsp3) is 0.375. The van der Waals surface area contributed by atoms with E-state index in [0.717, 1.165) is 17.0 Å². The summed E-state index contributed by atoms with van der Waals surface area (Å²) in [4.78, 5) is 16.9. The molecular formula is C16H21N3OS. The molecule has 0 unspecified atom stereocenters. The van der Waals surface area contributed by atoms with Crippen LogP contribution in [-0.2, 0) is 17.8 Å². The van der Waals surface area contributed by atoms with Crippen molar-refractivity contribution in [3.05, 3.63) is 51.5 Å². The van der Waals surface area contributed by atoms with Gasteiger partial charge >= 0.3 is 0 Å². The zero-order valence-corrected chi connectivity index (χ0v) is 13.6. The summed E-state index contributed by atoms with van der Waals surface area (Å²) in [5.74, 6) is 0.105. The van der Waals surface area contributed by atoms with E-state index in [9.17, 15) is 4.79 Å². The fourth-order valence-electron chi connectivity index (χ4n) is 2.27. The van der Waals surface area contributed by atoms with Crippen LogP contribution in [0.4, 0.5) is 0 Å². The van der Waals surface area contributed by atoms with Gasteiger partial charge in [-0.15, -0.1) is 17.9 Å². The van der Waals surface area contributed by atoms with E-state index in [2.05, 4.69) is 35.8 Å². The van der Waals surface area contributed by atoms with Crippen LogP contribution in [0.15, 0.2) is 24.8 Å². The maximum atomic E-state index is 12.6. The lowest BCUT2D eigenvalue weighted by atomic mass is 10.1. The van der Waals surface area contributed by atoms with Crippen LogP contribution in [0, 0.1) is 20.8 Å². The van der Waals surface area contributed by atoms with Crippen LogP contribution in [0.1, 0.15) is 26.7 Å². The minimum absolute atomic E-state index is 0.105. The second-order valence-electron chi connectivity index (χ2n) is 5.16. The summed E-state index contributed by atoms with van der Waals surface area (Å²) in [5, 5.41) is 7.08. The molecule has 0 aliphatic carbocycles. The first-order chi connectivity index (χ1) is 10.0. The summed E-state index contributed by atoms with van der Waals surface area (Å²) in [6, 6.07) is 4.17. The van der Waals surface area contributed by atoms with Gasteiger partial charge in [0.05, 0.1) is 18.7 Å². The molecule has 0 saturated carbocycles. The number of amides is 1. The fourth-order valence-corrected chi connectivity index (χ4v) is 3.17. The predicted molar refractivity (Wildman–Crippen MR) is 86.4 cm³/mol. The molecule has 2 heterocycles. The van der Waals surface area contributed by atoms with E-state index in [0.29, 0.717) is 19.5 Å². The maximum Gasteiger partial charge on any atom is 0.227 e. The van der Waals surface area contributed by atoms with Gasteiger partial charge in [0.25, 0.3) is 0 Å². The number of thiophene rings is 1. The molecule has 1 amide bonds. The SMILES string of the molecule is C=CCN(Cc1ccc(C)s1)C(=O)Cc1c(C)n[nH]c1C. The molecule has 1 N–H and O–H groups in total. The van der Waals surface area contributed by atoms with Crippen LogP contribution in [-0.4, -0.2) is 27.5 Å². The van der Waals surface area contributed by atoms with E-state index in [-0.39, 0.29) is 5.91 Å². The number of nitrogens with one attached hydrogen (secondary N) is 1. The number of aromatic amines is 1. The van der Waals surface area contributed by atoms with Gasteiger partial charge in [-0.2, -0.15) is 5.10 Å². The topological polar surface area (TPSA) is 49.0 Å². The Kier molecular flexibility index (Phi) is 4.96. The maximum absolute atomic E-state index is 12.6. The first-order valence-electron chi connectivity index (χ1n) is 6.95. The predicted octanol–water partition coefficient (Wildman–Crippen LogP) is 3.15. The Morgan fingerprint density at radius 2 is 2.19 bits per heavy atom. The number of nitrogens with zero attached hydrogens (tertiary/aromatic N) is 2. The summed E-state index contributed by atoms with van der Waals surface area (Å²) in [7, 11) is 0. The van der Waals surface area contributed by atoms with E-state index in [1.807, 2.05) is 18.7 Å². The Morgan fingerprint density at radius 3 is 2.71 bits per heavy atom. The molecule has 0 aliphatic heterocycles. The summed E-state index contributed by atoms with van der Waals surface area (Å²) in [6.07, 6.45) is 2.15. The van der Waals surface area contributed by atoms with E-state index >= 15 is 0 Å². The van der Waals surface area contributed by atoms with Crippen molar-refractivity contribution in [1.82, 2.24) is 15.1 Å². The van der Waals surface area contributed by atoms with Crippen molar-refractivity contribution < 1.29 is 4.79 Å². The number of aromatic nitrogens is 2. The molecule has 2 aromatic heterocycles. The number of rotatable bonds is 6. The summed E-state index contributed by atoms with van der Waals surface area (Å²) >= 11 is 1.73. The molecule has 0 bridgehead atoms. The van der Waals surface area contributed by atoms with Gasteiger partial charge in [0.2, 0.25) is 5.91 Å². The molecule has 0 spiro atoms. The van der Waals surface area contributed by atoms with Crippen molar-refractivity contribution in [2.75, 3.05) is 6.54 Å². The van der Waals surface area contributed by atoms with Crippen molar-refractivity contribution in [1.29, 1.82) is 0 Å². The van der Waals surface area contributed by atoms with Gasteiger partial charge < -0.3 is 4.90 Å². The van der Waals surface area contributed by atoms with E-state index in [1.54, 1.807) is 17.4 Å². The molecule has 0 aliphatic rings. The smallest absolute Gasteiger partial charge is 0.227 e. The zero-order valence-electron chi connectivity index (χ0n) is 12.8. The van der Waals surface area contributed by atoms with Crippen molar-refractivity contribution in [2.24, 2.45) is 0 Å². The lowest BCUT2D eigenvalue weighted by molar-refractivity contribution is -0.130. The standard InChI is InChI=1S/C16H21N3OS/c1-5-8-19(10-14-7-6-11(2)21-14)16(20)9-15-12(3)17-18-13(15)4/h5-7H,1,8-10H2,2-4H3,(H,17,18). The van der Waals surface area contributed by atoms with Crippen molar-refractivity contribution >= 4 is 17.2 Å². The Hall–Kier alpha value is -1.88. The highest BCUT2D eigenvalue weighted by Gasteiger charge is 2.17. The number of H-pyrrole nitrogens is 1. The van der Waals surface area contributed by atoms with E-state index < -0.39 is 0 Å². The van der Waals surface area contributed by atoms with Gasteiger partial charge in [-0.05, 0) is 32.9 Å². The van der Waals surface area contributed by atoms with Crippen LogP contribution in [0.2, 0.25) is 0 Å². The first-order valence-corrected chi connectivity index (χ1v) is 7.77.